The first-order valence-electron chi connectivity index (χ1n) is 5.37. The summed E-state index contributed by atoms with van der Waals surface area (Å²) in [5, 5.41) is 8.18. The third kappa shape index (κ3) is 1.16. The molecule has 0 fully saturated rings. The van der Waals surface area contributed by atoms with Crippen LogP contribution < -0.4 is 5.32 Å². The molecule has 1 aromatic carbocycles. The van der Waals surface area contributed by atoms with E-state index in [9.17, 15) is 0 Å². The molecule has 3 nitrogen and oxygen atoms in total. The lowest BCUT2D eigenvalue weighted by molar-refractivity contribution is 0.457. The fourth-order valence-electron chi connectivity index (χ4n) is 2.49. The Morgan fingerprint density at radius 3 is 3.07 bits per heavy atom. The predicted octanol–water partition coefficient (Wildman–Crippen LogP) is 2.60. The Bertz CT molecular complexity index is 516. The normalized spacial score (nSPS) is 19.5. The van der Waals surface area contributed by atoms with Crippen molar-refractivity contribution in [2.45, 2.75) is 19.8 Å². The highest BCUT2D eigenvalue weighted by molar-refractivity contribution is 5.91. The summed E-state index contributed by atoms with van der Waals surface area (Å²) in [5.74, 6) is 1.57. The molecule has 0 saturated carbocycles. The predicted molar refractivity (Wildman–Crippen MR) is 60.1 cm³/mol. The van der Waals surface area contributed by atoms with Gasteiger partial charge in [0.15, 0.2) is 11.4 Å². The lowest BCUT2D eigenvalue weighted by Gasteiger charge is -1.98. The third-order valence-electron chi connectivity index (χ3n) is 3.20. The Hall–Kier alpha value is -1.51. The van der Waals surface area contributed by atoms with Gasteiger partial charge in [-0.2, -0.15) is 0 Å². The van der Waals surface area contributed by atoms with E-state index in [0.29, 0.717) is 0 Å². The summed E-state index contributed by atoms with van der Waals surface area (Å²) in [6.45, 7) is 2.28. The average molecular weight is 202 g/mol. The Balaban J connectivity index is 2.27. The molecule has 2 aromatic rings. The lowest BCUT2D eigenvalue weighted by atomic mass is 10.1. The maximum absolute atomic E-state index is 5.42. The van der Waals surface area contributed by atoms with Crippen LogP contribution in [0.2, 0.25) is 0 Å². The first kappa shape index (κ1) is 8.77. The highest BCUT2D eigenvalue weighted by Crippen LogP contribution is 2.35. The zero-order valence-corrected chi connectivity index (χ0v) is 9.00. The van der Waals surface area contributed by atoms with Gasteiger partial charge < -0.3 is 9.84 Å². The molecule has 3 heteroatoms. The molecular weight excluding hydrogens is 188 g/mol. The summed E-state index contributed by atoms with van der Waals surface area (Å²) in [4.78, 5) is 0. The van der Waals surface area contributed by atoms with Crippen LogP contribution in [-0.2, 0) is 12.8 Å². The fourth-order valence-corrected chi connectivity index (χ4v) is 2.49. The first-order valence-corrected chi connectivity index (χ1v) is 5.37. The Labute approximate surface area is 88.4 Å². The maximum atomic E-state index is 5.42. The molecule has 0 amide bonds. The van der Waals surface area contributed by atoms with Crippen molar-refractivity contribution < 1.29 is 4.52 Å². The minimum absolute atomic E-state index is 0.730. The zero-order chi connectivity index (χ0) is 10.4. The molecular formula is C12H14N2O. The lowest BCUT2D eigenvalue weighted by Crippen LogP contribution is -1.89. The minimum Gasteiger partial charge on any atom is -0.370 e. The minimum atomic E-state index is 0.730. The van der Waals surface area contributed by atoms with Crippen LogP contribution in [0.3, 0.4) is 0 Å². The van der Waals surface area contributed by atoms with Gasteiger partial charge >= 0.3 is 0 Å². The molecule has 0 aliphatic heterocycles. The van der Waals surface area contributed by atoms with Crippen molar-refractivity contribution >= 4 is 16.8 Å². The second-order valence-electron chi connectivity index (χ2n) is 4.37. The van der Waals surface area contributed by atoms with Crippen molar-refractivity contribution in [2.75, 3.05) is 12.4 Å². The van der Waals surface area contributed by atoms with Crippen LogP contribution in [0.4, 0.5) is 5.82 Å². The van der Waals surface area contributed by atoms with Crippen molar-refractivity contribution in [3.05, 3.63) is 23.3 Å². The van der Waals surface area contributed by atoms with Gasteiger partial charge in [0.05, 0.1) is 5.39 Å². The van der Waals surface area contributed by atoms with Gasteiger partial charge in [-0.05, 0) is 30.4 Å². The molecule has 78 valence electrons. The molecule has 1 N–H and O–H groups in total. The van der Waals surface area contributed by atoms with Crippen molar-refractivity contribution in [1.29, 1.82) is 0 Å². The zero-order valence-electron chi connectivity index (χ0n) is 9.00. The average Bonchev–Trinajstić information content (AvgIpc) is 2.78. The second kappa shape index (κ2) is 2.99. The van der Waals surface area contributed by atoms with Gasteiger partial charge in [-0.3, -0.25) is 0 Å². The van der Waals surface area contributed by atoms with Gasteiger partial charge in [0.2, 0.25) is 0 Å². The molecule has 1 aromatic heterocycles. The number of nitrogens with one attached hydrogen (secondary N) is 1. The van der Waals surface area contributed by atoms with Crippen molar-refractivity contribution in [1.82, 2.24) is 5.16 Å². The van der Waals surface area contributed by atoms with E-state index in [-0.39, 0.29) is 0 Å². The summed E-state index contributed by atoms with van der Waals surface area (Å²) in [7, 11) is 1.87. The van der Waals surface area contributed by atoms with Crippen molar-refractivity contribution in [3.8, 4) is 0 Å². The highest BCUT2D eigenvalue weighted by atomic mass is 16.5. The van der Waals surface area contributed by atoms with Crippen LogP contribution in [0.15, 0.2) is 16.7 Å². The number of hydrogen-bond donors (Lipinski definition) is 1. The molecule has 3 rings (SSSR count). The second-order valence-corrected chi connectivity index (χ2v) is 4.37. The molecule has 0 unspecified atom stereocenters. The summed E-state index contributed by atoms with van der Waals surface area (Å²) < 4.78 is 5.42. The Morgan fingerprint density at radius 1 is 1.40 bits per heavy atom. The SMILES string of the molecule is CNc1noc2c3c(ccc12)C[C@H](C)C3. The molecule has 0 saturated heterocycles. The number of hydrogen-bond acceptors (Lipinski definition) is 3. The fraction of sp³-hybridized carbons (Fsp3) is 0.417. The summed E-state index contributed by atoms with van der Waals surface area (Å²) in [6, 6.07) is 4.31. The third-order valence-corrected chi connectivity index (χ3v) is 3.20. The van der Waals surface area contributed by atoms with Crippen LogP contribution >= 0.6 is 0 Å². The molecule has 0 spiro atoms. The van der Waals surface area contributed by atoms with E-state index in [1.165, 1.54) is 17.5 Å². The quantitative estimate of drug-likeness (QED) is 0.772. The number of benzene rings is 1. The Kier molecular flexibility index (Phi) is 1.75. The van der Waals surface area contributed by atoms with Gasteiger partial charge in [-0.15, -0.1) is 0 Å². The van der Waals surface area contributed by atoms with E-state index in [4.69, 9.17) is 4.52 Å². The van der Waals surface area contributed by atoms with E-state index in [1.54, 1.807) is 0 Å². The molecule has 1 heterocycles. The van der Waals surface area contributed by atoms with E-state index < -0.39 is 0 Å². The Morgan fingerprint density at radius 2 is 2.27 bits per heavy atom. The van der Waals surface area contributed by atoms with Gasteiger partial charge in [0, 0.05) is 12.6 Å². The van der Waals surface area contributed by atoms with E-state index in [1.807, 2.05) is 7.05 Å². The number of aromatic nitrogens is 1. The van der Waals surface area contributed by atoms with Crippen molar-refractivity contribution in [3.63, 3.8) is 0 Å². The largest absolute Gasteiger partial charge is 0.370 e. The van der Waals surface area contributed by atoms with E-state index in [2.05, 4.69) is 29.5 Å². The number of fused-ring (bicyclic) bond motifs is 3. The maximum Gasteiger partial charge on any atom is 0.177 e. The van der Waals surface area contributed by atoms with Gasteiger partial charge in [-0.25, -0.2) is 0 Å². The smallest absolute Gasteiger partial charge is 0.177 e. The van der Waals surface area contributed by atoms with Crippen LogP contribution in [0.5, 0.6) is 0 Å². The molecule has 15 heavy (non-hydrogen) atoms. The van der Waals surface area contributed by atoms with Gasteiger partial charge in [0.1, 0.15) is 0 Å². The van der Waals surface area contributed by atoms with Crippen LogP contribution in [-0.4, -0.2) is 12.2 Å². The standard InChI is InChI=1S/C12H14N2O/c1-7-5-8-3-4-9-11(10(8)6-7)15-14-12(9)13-2/h3-4,7H,5-6H2,1-2H3,(H,13,14)/t7-/m0/s1. The molecule has 0 radical (unpaired) electrons. The number of anilines is 1. The molecule has 1 aliphatic carbocycles. The van der Waals surface area contributed by atoms with E-state index >= 15 is 0 Å². The summed E-state index contributed by atoms with van der Waals surface area (Å²) >= 11 is 0. The summed E-state index contributed by atoms with van der Waals surface area (Å²) in [6.07, 6.45) is 2.28. The van der Waals surface area contributed by atoms with Crippen molar-refractivity contribution in [2.24, 2.45) is 5.92 Å². The monoisotopic (exact) mass is 202 g/mol. The first-order chi connectivity index (χ1) is 7.29. The van der Waals surface area contributed by atoms with Crippen LogP contribution in [0.25, 0.3) is 11.0 Å². The number of nitrogens with zero attached hydrogens (tertiary/aromatic N) is 1. The number of rotatable bonds is 1. The summed E-state index contributed by atoms with van der Waals surface area (Å²) in [5.41, 5.74) is 3.75. The molecule has 0 bridgehead atoms. The highest BCUT2D eigenvalue weighted by Gasteiger charge is 2.23. The topological polar surface area (TPSA) is 38.1 Å². The van der Waals surface area contributed by atoms with E-state index in [0.717, 1.165) is 29.1 Å². The van der Waals surface area contributed by atoms with Crippen LogP contribution in [0.1, 0.15) is 18.1 Å². The van der Waals surface area contributed by atoms with Gasteiger partial charge in [-0.1, -0.05) is 18.1 Å². The molecule has 1 aliphatic rings. The molecule has 1 atom stereocenters. The van der Waals surface area contributed by atoms with Gasteiger partial charge in [0.25, 0.3) is 0 Å². The van der Waals surface area contributed by atoms with Crippen LogP contribution in [0, 0.1) is 5.92 Å².